The van der Waals surface area contributed by atoms with Crippen LogP contribution in [0.1, 0.15) is 31.9 Å². The summed E-state index contributed by atoms with van der Waals surface area (Å²) >= 11 is 6.10. The average Bonchev–Trinajstić information content (AvgIpc) is 2.67. The Hall–Kier alpha value is -3.12. The predicted octanol–water partition coefficient (Wildman–Crippen LogP) is 4.36. The maximum absolute atomic E-state index is 13.1. The summed E-state index contributed by atoms with van der Waals surface area (Å²) in [6.07, 6.45) is 1.91. The quantitative estimate of drug-likeness (QED) is 0.585. The number of anilines is 1. The Morgan fingerprint density at radius 2 is 1.86 bits per heavy atom. The summed E-state index contributed by atoms with van der Waals surface area (Å²) in [6.45, 7) is 5.66. The fourth-order valence-corrected chi connectivity index (χ4v) is 3.23. The van der Waals surface area contributed by atoms with Crippen molar-refractivity contribution in [3.8, 4) is 5.75 Å². The maximum atomic E-state index is 13.1. The normalized spacial score (nSPS) is 15.8. The molecule has 4 amide bonds. The molecule has 2 aromatic rings. The van der Waals surface area contributed by atoms with Gasteiger partial charge in [0.25, 0.3) is 11.8 Å². The number of para-hydroxylation sites is 1. The standard InChI is InChI=1S/C22H21ClN2O4/c1-4-14-7-5-6-8-18(14)25-21(27)17(20(26)24-22(25)28)12-15-11-16(23)9-10-19(15)29-13(2)3/h5-13H,4H2,1-3H3,(H,24,26,28)/b17-12-. The van der Waals surface area contributed by atoms with Crippen molar-refractivity contribution >= 4 is 41.2 Å². The number of imide groups is 2. The second kappa shape index (κ2) is 8.49. The van der Waals surface area contributed by atoms with E-state index in [1.807, 2.05) is 32.9 Å². The number of halogens is 1. The number of barbiturate groups is 1. The Bertz CT molecular complexity index is 1010. The fraction of sp³-hybridized carbons (Fsp3) is 0.227. The smallest absolute Gasteiger partial charge is 0.335 e. The van der Waals surface area contributed by atoms with E-state index in [0.717, 1.165) is 10.5 Å². The first-order valence-corrected chi connectivity index (χ1v) is 9.65. The first kappa shape index (κ1) is 20.6. The highest BCUT2D eigenvalue weighted by Gasteiger charge is 2.37. The zero-order valence-corrected chi connectivity index (χ0v) is 17.1. The molecule has 0 aromatic heterocycles. The van der Waals surface area contributed by atoms with Gasteiger partial charge in [0, 0.05) is 10.6 Å². The highest BCUT2D eigenvalue weighted by molar-refractivity contribution is 6.39. The Balaban J connectivity index is 2.08. The van der Waals surface area contributed by atoms with E-state index in [2.05, 4.69) is 5.32 Å². The third-order valence-electron chi connectivity index (χ3n) is 4.35. The van der Waals surface area contributed by atoms with Gasteiger partial charge in [-0.3, -0.25) is 14.9 Å². The van der Waals surface area contributed by atoms with E-state index >= 15 is 0 Å². The first-order chi connectivity index (χ1) is 13.8. The van der Waals surface area contributed by atoms with Crippen LogP contribution in [0.3, 0.4) is 0 Å². The maximum Gasteiger partial charge on any atom is 0.335 e. The number of carbonyl (C=O) groups excluding carboxylic acids is 3. The van der Waals surface area contributed by atoms with E-state index in [9.17, 15) is 14.4 Å². The van der Waals surface area contributed by atoms with Crippen molar-refractivity contribution < 1.29 is 19.1 Å². The Morgan fingerprint density at radius 3 is 2.55 bits per heavy atom. The molecule has 150 valence electrons. The third-order valence-corrected chi connectivity index (χ3v) is 4.58. The minimum absolute atomic E-state index is 0.112. The van der Waals surface area contributed by atoms with Gasteiger partial charge in [0.1, 0.15) is 11.3 Å². The summed E-state index contributed by atoms with van der Waals surface area (Å²) in [4.78, 5) is 39.0. The number of carbonyl (C=O) groups is 3. The number of nitrogens with zero attached hydrogens (tertiary/aromatic N) is 1. The molecule has 0 saturated carbocycles. The number of nitrogens with one attached hydrogen (secondary N) is 1. The summed E-state index contributed by atoms with van der Waals surface area (Å²) in [5.74, 6) is -0.981. The average molecular weight is 413 g/mol. The van der Waals surface area contributed by atoms with Crippen molar-refractivity contribution in [3.05, 3.63) is 64.2 Å². The summed E-state index contributed by atoms with van der Waals surface area (Å²) in [6, 6.07) is 11.2. The highest BCUT2D eigenvalue weighted by atomic mass is 35.5. The van der Waals surface area contributed by atoms with Gasteiger partial charge in [-0.1, -0.05) is 36.7 Å². The van der Waals surface area contributed by atoms with Gasteiger partial charge in [-0.15, -0.1) is 0 Å². The van der Waals surface area contributed by atoms with Crippen LogP contribution < -0.4 is 15.0 Å². The van der Waals surface area contributed by atoms with Gasteiger partial charge in [0.2, 0.25) is 0 Å². The lowest BCUT2D eigenvalue weighted by atomic mass is 10.0. The molecule has 1 aliphatic heterocycles. The van der Waals surface area contributed by atoms with E-state index in [-0.39, 0.29) is 11.7 Å². The highest BCUT2D eigenvalue weighted by Crippen LogP contribution is 2.29. The molecular weight excluding hydrogens is 392 g/mol. The Labute approximate surface area is 174 Å². The number of aryl methyl sites for hydroxylation is 1. The first-order valence-electron chi connectivity index (χ1n) is 9.27. The summed E-state index contributed by atoms with van der Waals surface area (Å²) in [7, 11) is 0. The van der Waals surface area contributed by atoms with Crippen LogP contribution in [0.15, 0.2) is 48.0 Å². The van der Waals surface area contributed by atoms with Gasteiger partial charge in [0.15, 0.2) is 0 Å². The predicted molar refractivity (Wildman–Crippen MR) is 112 cm³/mol. The molecule has 2 aromatic carbocycles. The third kappa shape index (κ3) is 4.32. The lowest BCUT2D eigenvalue weighted by Crippen LogP contribution is -2.54. The van der Waals surface area contributed by atoms with Crippen LogP contribution in [0, 0.1) is 0 Å². The van der Waals surface area contributed by atoms with Crippen LogP contribution in [-0.4, -0.2) is 23.9 Å². The van der Waals surface area contributed by atoms with Crippen molar-refractivity contribution in [3.63, 3.8) is 0 Å². The van der Waals surface area contributed by atoms with E-state index < -0.39 is 17.8 Å². The number of urea groups is 1. The lowest BCUT2D eigenvalue weighted by molar-refractivity contribution is -0.122. The van der Waals surface area contributed by atoms with Crippen LogP contribution in [-0.2, 0) is 16.0 Å². The molecule has 3 rings (SSSR count). The van der Waals surface area contributed by atoms with Gasteiger partial charge in [-0.25, -0.2) is 9.69 Å². The second-order valence-electron chi connectivity index (χ2n) is 6.79. The number of hydrogen-bond donors (Lipinski definition) is 1. The van der Waals surface area contributed by atoms with E-state index in [1.54, 1.807) is 30.3 Å². The molecule has 1 aliphatic rings. The topological polar surface area (TPSA) is 75.7 Å². The fourth-order valence-electron chi connectivity index (χ4n) is 3.05. The van der Waals surface area contributed by atoms with Gasteiger partial charge in [0.05, 0.1) is 11.8 Å². The van der Waals surface area contributed by atoms with E-state index in [1.165, 1.54) is 6.08 Å². The molecule has 6 nitrogen and oxygen atoms in total. The minimum Gasteiger partial charge on any atom is -0.490 e. The number of amides is 4. The Kier molecular flexibility index (Phi) is 6.03. The molecule has 0 atom stereocenters. The molecule has 1 N–H and O–H groups in total. The molecule has 1 heterocycles. The van der Waals surface area contributed by atoms with Crippen molar-refractivity contribution in [2.45, 2.75) is 33.3 Å². The molecule has 0 unspecified atom stereocenters. The number of ether oxygens (including phenoxy) is 1. The molecule has 1 fully saturated rings. The van der Waals surface area contributed by atoms with Crippen molar-refractivity contribution in [1.82, 2.24) is 5.32 Å². The number of hydrogen-bond acceptors (Lipinski definition) is 4. The minimum atomic E-state index is -0.775. The van der Waals surface area contributed by atoms with E-state index in [4.69, 9.17) is 16.3 Å². The van der Waals surface area contributed by atoms with Crippen LogP contribution in [0.5, 0.6) is 5.75 Å². The SMILES string of the molecule is CCc1ccccc1N1C(=O)NC(=O)/C(=C/c2cc(Cl)ccc2OC(C)C)C1=O. The molecule has 29 heavy (non-hydrogen) atoms. The van der Waals surface area contributed by atoms with Crippen LogP contribution in [0.2, 0.25) is 5.02 Å². The molecule has 0 spiro atoms. The van der Waals surface area contributed by atoms with Gasteiger partial charge in [-0.05, 0) is 56.2 Å². The number of rotatable bonds is 5. The van der Waals surface area contributed by atoms with Crippen molar-refractivity contribution in [2.75, 3.05) is 4.90 Å². The van der Waals surface area contributed by atoms with Crippen LogP contribution in [0.25, 0.3) is 6.08 Å². The van der Waals surface area contributed by atoms with Gasteiger partial charge in [-0.2, -0.15) is 0 Å². The van der Waals surface area contributed by atoms with Crippen molar-refractivity contribution in [1.29, 1.82) is 0 Å². The largest absolute Gasteiger partial charge is 0.490 e. The zero-order valence-electron chi connectivity index (χ0n) is 16.4. The molecule has 0 aliphatic carbocycles. The molecule has 1 saturated heterocycles. The van der Waals surface area contributed by atoms with E-state index in [0.29, 0.717) is 28.4 Å². The molecule has 0 radical (unpaired) electrons. The Morgan fingerprint density at radius 1 is 1.14 bits per heavy atom. The molecule has 0 bridgehead atoms. The molecular formula is C22H21ClN2O4. The monoisotopic (exact) mass is 412 g/mol. The van der Waals surface area contributed by atoms with Crippen LogP contribution >= 0.6 is 11.6 Å². The summed E-state index contributed by atoms with van der Waals surface area (Å²) in [5.41, 5.74) is 1.56. The zero-order chi connectivity index (χ0) is 21.1. The summed E-state index contributed by atoms with van der Waals surface area (Å²) in [5, 5.41) is 2.67. The van der Waals surface area contributed by atoms with Gasteiger partial charge >= 0.3 is 6.03 Å². The number of benzene rings is 2. The molecule has 7 heteroatoms. The van der Waals surface area contributed by atoms with Crippen molar-refractivity contribution in [2.24, 2.45) is 0 Å². The van der Waals surface area contributed by atoms with Gasteiger partial charge < -0.3 is 4.74 Å². The van der Waals surface area contributed by atoms with Crippen LogP contribution in [0.4, 0.5) is 10.5 Å². The lowest BCUT2D eigenvalue weighted by Gasteiger charge is -2.28. The summed E-state index contributed by atoms with van der Waals surface area (Å²) < 4.78 is 5.75. The second-order valence-corrected chi connectivity index (χ2v) is 7.23.